The van der Waals surface area contributed by atoms with Crippen LogP contribution in [0.15, 0.2) is 22.7 Å². The lowest BCUT2D eigenvalue weighted by molar-refractivity contribution is 0.0505. The van der Waals surface area contributed by atoms with Gasteiger partial charge in [0, 0.05) is 12.1 Å². The number of ether oxygens (including phenoxy) is 1. The Labute approximate surface area is 121 Å². The van der Waals surface area contributed by atoms with Crippen LogP contribution in [0, 0.1) is 0 Å². The van der Waals surface area contributed by atoms with Gasteiger partial charge < -0.3 is 20.9 Å². The Morgan fingerprint density at radius 1 is 1.53 bits per heavy atom. The number of para-hydroxylation sites is 1. The fourth-order valence-electron chi connectivity index (χ4n) is 1.53. The van der Waals surface area contributed by atoms with Crippen molar-refractivity contribution in [1.29, 1.82) is 0 Å². The van der Waals surface area contributed by atoms with Gasteiger partial charge in [-0.1, -0.05) is 12.1 Å². The SMILES string of the molecule is CC(C)(C)OC(=O)NC(CN)c1cccc(Br)c1O. The number of carbonyl (C=O) groups excluding carboxylic acids is 1. The van der Waals surface area contributed by atoms with E-state index in [-0.39, 0.29) is 12.3 Å². The first kappa shape index (κ1) is 15.8. The number of phenolic OH excluding ortho intramolecular Hbond substituents is 1. The highest BCUT2D eigenvalue weighted by Gasteiger charge is 2.21. The highest BCUT2D eigenvalue weighted by atomic mass is 79.9. The first-order chi connectivity index (χ1) is 8.74. The maximum atomic E-state index is 11.7. The normalized spacial score (nSPS) is 12.9. The fourth-order valence-corrected chi connectivity index (χ4v) is 1.91. The van der Waals surface area contributed by atoms with Gasteiger partial charge in [0.1, 0.15) is 11.4 Å². The van der Waals surface area contributed by atoms with Crippen molar-refractivity contribution in [3.8, 4) is 5.75 Å². The van der Waals surface area contributed by atoms with E-state index in [4.69, 9.17) is 10.5 Å². The molecule has 19 heavy (non-hydrogen) atoms. The van der Waals surface area contributed by atoms with E-state index in [2.05, 4.69) is 21.2 Å². The molecule has 1 aromatic carbocycles. The lowest BCUT2D eigenvalue weighted by atomic mass is 10.1. The minimum absolute atomic E-state index is 0.0639. The number of nitrogens with two attached hydrogens (primary N) is 1. The average Bonchev–Trinajstić information content (AvgIpc) is 2.27. The summed E-state index contributed by atoms with van der Waals surface area (Å²) < 4.78 is 5.71. The van der Waals surface area contributed by atoms with Crippen molar-refractivity contribution < 1.29 is 14.6 Å². The summed E-state index contributed by atoms with van der Waals surface area (Å²) in [7, 11) is 0. The third-order valence-electron chi connectivity index (χ3n) is 2.32. The molecule has 0 aliphatic rings. The van der Waals surface area contributed by atoms with Crippen LogP contribution in [0.1, 0.15) is 32.4 Å². The number of carbonyl (C=O) groups is 1. The lowest BCUT2D eigenvalue weighted by Gasteiger charge is -2.23. The molecule has 1 atom stereocenters. The van der Waals surface area contributed by atoms with E-state index in [0.29, 0.717) is 10.0 Å². The molecule has 1 rings (SSSR count). The summed E-state index contributed by atoms with van der Waals surface area (Å²) in [5.74, 6) is 0.0639. The molecule has 0 fully saturated rings. The van der Waals surface area contributed by atoms with Gasteiger partial charge >= 0.3 is 6.09 Å². The van der Waals surface area contributed by atoms with Crippen molar-refractivity contribution in [2.75, 3.05) is 6.54 Å². The van der Waals surface area contributed by atoms with Gasteiger partial charge in [-0.3, -0.25) is 0 Å². The molecule has 0 aliphatic heterocycles. The summed E-state index contributed by atoms with van der Waals surface area (Å²) in [4.78, 5) is 11.7. The van der Waals surface area contributed by atoms with Crippen molar-refractivity contribution in [3.05, 3.63) is 28.2 Å². The van der Waals surface area contributed by atoms with Crippen LogP contribution < -0.4 is 11.1 Å². The minimum atomic E-state index is -0.581. The molecule has 0 heterocycles. The van der Waals surface area contributed by atoms with E-state index in [1.54, 1.807) is 39.0 Å². The van der Waals surface area contributed by atoms with Gasteiger partial charge in [0.2, 0.25) is 0 Å². The number of hydrogen-bond acceptors (Lipinski definition) is 4. The van der Waals surface area contributed by atoms with Gasteiger partial charge in [-0.2, -0.15) is 0 Å². The molecular formula is C13H19BrN2O3. The van der Waals surface area contributed by atoms with Crippen molar-refractivity contribution in [1.82, 2.24) is 5.32 Å². The molecular weight excluding hydrogens is 312 g/mol. The van der Waals surface area contributed by atoms with Crippen LogP contribution in [0.25, 0.3) is 0 Å². The lowest BCUT2D eigenvalue weighted by Crippen LogP contribution is -2.37. The second-order valence-electron chi connectivity index (χ2n) is 5.11. The summed E-state index contributed by atoms with van der Waals surface area (Å²) >= 11 is 3.22. The Bertz CT molecular complexity index is 458. The van der Waals surface area contributed by atoms with Crippen molar-refractivity contribution >= 4 is 22.0 Å². The van der Waals surface area contributed by atoms with E-state index < -0.39 is 17.7 Å². The van der Waals surface area contributed by atoms with E-state index in [1.807, 2.05) is 0 Å². The van der Waals surface area contributed by atoms with Crippen molar-refractivity contribution in [2.45, 2.75) is 32.4 Å². The van der Waals surface area contributed by atoms with Crippen LogP contribution in [-0.2, 0) is 4.74 Å². The summed E-state index contributed by atoms with van der Waals surface area (Å²) in [6.07, 6.45) is -0.567. The van der Waals surface area contributed by atoms with Gasteiger partial charge in [-0.25, -0.2) is 4.79 Å². The Kier molecular flexibility index (Phi) is 5.20. The molecule has 106 valence electrons. The predicted molar refractivity (Wildman–Crippen MR) is 77.0 cm³/mol. The molecule has 0 saturated carbocycles. The zero-order valence-corrected chi connectivity index (χ0v) is 12.8. The molecule has 1 aromatic rings. The Hall–Kier alpha value is -1.27. The number of benzene rings is 1. The number of amides is 1. The van der Waals surface area contributed by atoms with Crippen LogP contribution in [-0.4, -0.2) is 23.3 Å². The number of nitrogens with one attached hydrogen (secondary N) is 1. The number of hydrogen-bond donors (Lipinski definition) is 3. The van der Waals surface area contributed by atoms with E-state index >= 15 is 0 Å². The minimum Gasteiger partial charge on any atom is -0.506 e. The van der Waals surface area contributed by atoms with Gasteiger partial charge in [0.25, 0.3) is 0 Å². The topological polar surface area (TPSA) is 84.6 Å². The van der Waals surface area contributed by atoms with Gasteiger partial charge in [0.15, 0.2) is 0 Å². The summed E-state index contributed by atoms with van der Waals surface area (Å²) in [5.41, 5.74) is 5.60. The zero-order chi connectivity index (χ0) is 14.6. The highest BCUT2D eigenvalue weighted by Crippen LogP contribution is 2.31. The second-order valence-corrected chi connectivity index (χ2v) is 5.97. The molecule has 0 spiro atoms. The largest absolute Gasteiger partial charge is 0.506 e. The molecule has 0 bridgehead atoms. The van der Waals surface area contributed by atoms with Crippen molar-refractivity contribution in [2.24, 2.45) is 5.73 Å². The van der Waals surface area contributed by atoms with Crippen LogP contribution in [0.5, 0.6) is 5.75 Å². The molecule has 1 amide bonds. The van der Waals surface area contributed by atoms with Gasteiger partial charge in [-0.15, -0.1) is 0 Å². The third kappa shape index (κ3) is 4.72. The van der Waals surface area contributed by atoms with Crippen LogP contribution in [0.3, 0.4) is 0 Å². The molecule has 5 nitrogen and oxygen atoms in total. The highest BCUT2D eigenvalue weighted by molar-refractivity contribution is 9.10. The number of rotatable bonds is 3. The van der Waals surface area contributed by atoms with Crippen LogP contribution in [0.2, 0.25) is 0 Å². The number of halogens is 1. The van der Waals surface area contributed by atoms with Crippen molar-refractivity contribution in [3.63, 3.8) is 0 Å². The number of aromatic hydroxyl groups is 1. The molecule has 4 N–H and O–H groups in total. The molecule has 6 heteroatoms. The second kappa shape index (κ2) is 6.25. The van der Waals surface area contributed by atoms with E-state index in [1.165, 1.54) is 0 Å². The molecule has 0 aromatic heterocycles. The number of phenols is 1. The average molecular weight is 331 g/mol. The first-order valence-corrected chi connectivity index (χ1v) is 6.71. The fraction of sp³-hybridized carbons (Fsp3) is 0.462. The summed E-state index contributed by atoms with van der Waals surface area (Å²) in [5, 5.41) is 12.6. The Morgan fingerprint density at radius 2 is 2.16 bits per heavy atom. The number of alkyl carbamates (subject to hydrolysis) is 1. The molecule has 0 radical (unpaired) electrons. The Morgan fingerprint density at radius 3 is 2.68 bits per heavy atom. The molecule has 0 aliphatic carbocycles. The first-order valence-electron chi connectivity index (χ1n) is 5.91. The van der Waals surface area contributed by atoms with Gasteiger partial charge in [-0.05, 0) is 42.8 Å². The van der Waals surface area contributed by atoms with Gasteiger partial charge in [0.05, 0.1) is 10.5 Å². The Balaban J connectivity index is 2.84. The monoisotopic (exact) mass is 330 g/mol. The third-order valence-corrected chi connectivity index (χ3v) is 2.96. The standard InChI is InChI=1S/C13H19BrN2O3/c1-13(2,3)19-12(18)16-10(7-15)8-5-4-6-9(14)11(8)17/h4-6,10,17H,7,15H2,1-3H3,(H,16,18). The maximum Gasteiger partial charge on any atom is 0.408 e. The molecule has 1 unspecified atom stereocenters. The van der Waals surface area contributed by atoms with E-state index in [0.717, 1.165) is 0 Å². The zero-order valence-electron chi connectivity index (χ0n) is 11.2. The van der Waals surface area contributed by atoms with Crippen LogP contribution in [0.4, 0.5) is 4.79 Å². The maximum absolute atomic E-state index is 11.7. The predicted octanol–water partition coefficient (Wildman–Crippen LogP) is 2.68. The summed E-state index contributed by atoms with van der Waals surface area (Å²) in [6, 6.07) is 4.67. The van der Waals surface area contributed by atoms with E-state index in [9.17, 15) is 9.90 Å². The van der Waals surface area contributed by atoms with Crippen LogP contribution >= 0.6 is 15.9 Å². The quantitative estimate of drug-likeness (QED) is 0.795. The smallest absolute Gasteiger partial charge is 0.408 e. The summed E-state index contributed by atoms with van der Waals surface area (Å²) in [6.45, 7) is 5.49. The molecule has 0 saturated heterocycles.